The highest BCUT2D eigenvalue weighted by Crippen LogP contribution is 2.28. The Balaban J connectivity index is 1.83. The van der Waals surface area contributed by atoms with Crippen LogP contribution in [0.5, 0.6) is 0 Å². The maximum atomic E-state index is 13.4. The molecule has 1 N–H and O–H groups in total. The molecule has 0 saturated carbocycles. The van der Waals surface area contributed by atoms with Crippen molar-refractivity contribution in [1.82, 2.24) is 14.5 Å². The highest BCUT2D eigenvalue weighted by atomic mass is 35.5. The van der Waals surface area contributed by atoms with Gasteiger partial charge in [-0.25, -0.2) is 8.42 Å². The van der Waals surface area contributed by atoms with Crippen molar-refractivity contribution >= 4 is 39.1 Å². The average molecular weight is 470 g/mol. The van der Waals surface area contributed by atoms with Crippen molar-refractivity contribution in [3.63, 3.8) is 0 Å². The lowest BCUT2D eigenvalue weighted by Gasteiger charge is -2.30. The first-order valence-electron chi connectivity index (χ1n) is 9.73. The molecule has 0 aromatic heterocycles. The van der Waals surface area contributed by atoms with Crippen molar-refractivity contribution in [3.8, 4) is 0 Å². The van der Waals surface area contributed by atoms with E-state index in [0.29, 0.717) is 0 Å². The van der Waals surface area contributed by atoms with Crippen LogP contribution in [0.15, 0.2) is 53.4 Å². The molecule has 0 bridgehead atoms. The van der Waals surface area contributed by atoms with Gasteiger partial charge in [-0.1, -0.05) is 53.5 Å². The number of amides is 1. The molecule has 3 rings (SSSR count). The Morgan fingerprint density at radius 1 is 1.13 bits per heavy atom. The van der Waals surface area contributed by atoms with Crippen LogP contribution in [-0.4, -0.2) is 56.3 Å². The molecule has 9 heteroatoms. The molecular formula is C21H25Cl2N3O3S. The standard InChI is InChI=1S/C21H25Cl2N3O3S/c1-25-11-9-18(10-12-25)24-21(27)15-26(14-16-5-3-2-4-6-16)30(28,29)20-13-17(22)7-8-19(20)23/h2-8,13,18H,9-12,14-15H2,1H3,(H,24,27). The molecule has 1 amide bonds. The van der Waals surface area contributed by atoms with Crippen LogP contribution in [0.1, 0.15) is 18.4 Å². The molecule has 0 unspecified atom stereocenters. The third kappa shape index (κ3) is 5.95. The summed E-state index contributed by atoms with van der Waals surface area (Å²) in [7, 11) is -2.01. The van der Waals surface area contributed by atoms with Gasteiger partial charge in [-0.05, 0) is 56.7 Å². The van der Waals surface area contributed by atoms with Gasteiger partial charge < -0.3 is 10.2 Å². The van der Waals surface area contributed by atoms with Crippen molar-refractivity contribution in [2.24, 2.45) is 0 Å². The number of hydrogen-bond acceptors (Lipinski definition) is 4. The van der Waals surface area contributed by atoms with Gasteiger partial charge in [-0.3, -0.25) is 4.79 Å². The first kappa shape index (κ1) is 23.0. The van der Waals surface area contributed by atoms with E-state index in [4.69, 9.17) is 23.2 Å². The van der Waals surface area contributed by atoms with E-state index in [2.05, 4.69) is 10.2 Å². The van der Waals surface area contributed by atoms with Gasteiger partial charge in [0.15, 0.2) is 0 Å². The lowest BCUT2D eigenvalue weighted by Crippen LogP contribution is -2.47. The van der Waals surface area contributed by atoms with Gasteiger partial charge in [-0.15, -0.1) is 0 Å². The minimum Gasteiger partial charge on any atom is -0.352 e. The molecule has 1 saturated heterocycles. The fourth-order valence-electron chi connectivity index (χ4n) is 3.41. The summed E-state index contributed by atoms with van der Waals surface area (Å²) in [6, 6.07) is 13.5. The van der Waals surface area contributed by atoms with Crippen molar-refractivity contribution in [2.45, 2.75) is 30.3 Å². The number of nitrogens with zero attached hydrogens (tertiary/aromatic N) is 2. The summed E-state index contributed by atoms with van der Waals surface area (Å²) in [5.41, 5.74) is 0.770. The maximum absolute atomic E-state index is 13.4. The predicted molar refractivity (Wildman–Crippen MR) is 119 cm³/mol. The zero-order valence-electron chi connectivity index (χ0n) is 16.7. The number of likely N-dealkylation sites (tertiary alicyclic amines) is 1. The Morgan fingerprint density at radius 2 is 1.80 bits per heavy atom. The van der Waals surface area contributed by atoms with E-state index in [1.54, 1.807) is 0 Å². The second-order valence-corrected chi connectivity index (χ2v) is 10.2. The number of piperidine rings is 1. The Kier molecular flexibility index (Phi) is 7.76. The van der Waals surface area contributed by atoms with E-state index in [0.717, 1.165) is 35.8 Å². The predicted octanol–water partition coefficient (Wildman–Crippen LogP) is 3.39. The van der Waals surface area contributed by atoms with Gasteiger partial charge in [0.1, 0.15) is 4.90 Å². The first-order valence-corrected chi connectivity index (χ1v) is 11.9. The fraction of sp³-hybridized carbons (Fsp3) is 0.381. The summed E-state index contributed by atoms with van der Waals surface area (Å²) in [6.45, 7) is 1.55. The first-order chi connectivity index (χ1) is 14.3. The summed E-state index contributed by atoms with van der Waals surface area (Å²) in [5, 5.41) is 3.30. The molecule has 1 aliphatic rings. The lowest BCUT2D eigenvalue weighted by molar-refractivity contribution is -0.122. The second-order valence-electron chi connectivity index (χ2n) is 7.48. The molecule has 0 atom stereocenters. The molecule has 1 aliphatic heterocycles. The SMILES string of the molecule is CN1CCC(NC(=O)CN(Cc2ccccc2)S(=O)(=O)c2cc(Cl)ccc2Cl)CC1. The minimum atomic E-state index is -4.05. The van der Waals surface area contributed by atoms with Crippen LogP contribution in [0.2, 0.25) is 10.0 Å². The van der Waals surface area contributed by atoms with Crippen LogP contribution in [-0.2, 0) is 21.4 Å². The zero-order chi connectivity index (χ0) is 21.7. The zero-order valence-corrected chi connectivity index (χ0v) is 19.1. The lowest BCUT2D eigenvalue weighted by atomic mass is 10.1. The monoisotopic (exact) mass is 469 g/mol. The van der Waals surface area contributed by atoms with E-state index in [1.165, 1.54) is 18.2 Å². The van der Waals surface area contributed by atoms with Gasteiger partial charge >= 0.3 is 0 Å². The topological polar surface area (TPSA) is 69.7 Å². The quantitative estimate of drug-likeness (QED) is 0.674. The van der Waals surface area contributed by atoms with Crippen molar-refractivity contribution in [2.75, 3.05) is 26.7 Å². The van der Waals surface area contributed by atoms with Crippen LogP contribution in [0.4, 0.5) is 0 Å². The number of benzene rings is 2. The van der Waals surface area contributed by atoms with Crippen LogP contribution in [0.25, 0.3) is 0 Å². The smallest absolute Gasteiger partial charge is 0.245 e. The third-order valence-corrected chi connectivity index (χ3v) is 7.62. The molecule has 6 nitrogen and oxygen atoms in total. The largest absolute Gasteiger partial charge is 0.352 e. The van der Waals surface area contributed by atoms with E-state index < -0.39 is 10.0 Å². The maximum Gasteiger partial charge on any atom is 0.245 e. The Bertz CT molecular complexity index is 978. The summed E-state index contributed by atoms with van der Waals surface area (Å²) >= 11 is 12.2. The molecule has 1 fully saturated rings. The van der Waals surface area contributed by atoms with Crippen molar-refractivity contribution < 1.29 is 13.2 Å². The third-order valence-electron chi connectivity index (χ3n) is 5.12. The molecule has 0 radical (unpaired) electrons. The van der Waals surface area contributed by atoms with Gasteiger partial charge in [-0.2, -0.15) is 4.31 Å². The van der Waals surface area contributed by atoms with Gasteiger partial charge in [0.2, 0.25) is 15.9 Å². The van der Waals surface area contributed by atoms with E-state index in [1.807, 2.05) is 37.4 Å². The number of carbonyl (C=O) groups is 1. The molecule has 30 heavy (non-hydrogen) atoms. The summed E-state index contributed by atoms with van der Waals surface area (Å²) in [4.78, 5) is 14.8. The van der Waals surface area contributed by atoms with Crippen LogP contribution < -0.4 is 5.32 Å². The van der Waals surface area contributed by atoms with Crippen molar-refractivity contribution in [3.05, 3.63) is 64.1 Å². The molecule has 2 aromatic rings. The Labute approximate surface area is 187 Å². The molecule has 0 aliphatic carbocycles. The summed E-state index contributed by atoms with van der Waals surface area (Å²) < 4.78 is 27.9. The average Bonchev–Trinajstić information content (AvgIpc) is 2.71. The fourth-order valence-corrected chi connectivity index (χ4v) is 5.53. The summed E-state index contributed by atoms with van der Waals surface area (Å²) in [6.07, 6.45) is 1.68. The Morgan fingerprint density at radius 3 is 2.47 bits per heavy atom. The summed E-state index contributed by atoms with van der Waals surface area (Å²) in [5.74, 6) is -0.331. The van der Waals surface area contributed by atoms with E-state index >= 15 is 0 Å². The molecule has 162 valence electrons. The molecule has 0 spiro atoms. The minimum absolute atomic E-state index is 0.0461. The number of rotatable bonds is 7. The van der Waals surface area contributed by atoms with E-state index in [9.17, 15) is 13.2 Å². The van der Waals surface area contributed by atoms with Gasteiger partial charge in [0, 0.05) is 17.6 Å². The highest BCUT2D eigenvalue weighted by molar-refractivity contribution is 7.89. The van der Waals surface area contributed by atoms with Gasteiger partial charge in [0.25, 0.3) is 0 Å². The molecule has 1 heterocycles. The van der Waals surface area contributed by atoms with Gasteiger partial charge in [0.05, 0.1) is 11.6 Å². The van der Waals surface area contributed by atoms with Crippen molar-refractivity contribution in [1.29, 1.82) is 0 Å². The second kappa shape index (κ2) is 10.1. The number of halogens is 2. The number of hydrogen-bond donors (Lipinski definition) is 1. The van der Waals surface area contributed by atoms with Crippen LogP contribution in [0.3, 0.4) is 0 Å². The number of carbonyl (C=O) groups excluding carboxylic acids is 1. The van der Waals surface area contributed by atoms with E-state index in [-0.39, 0.29) is 40.0 Å². The highest BCUT2D eigenvalue weighted by Gasteiger charge is 2.30. The normalized spacial score (nSPS) is 16.0. The number of sulfonamides is 1. The number of nitrogens with one attached hydrogen (secondary N) is 1. The molecular weight excluding hydrogens is 445 g/mol. The van der Waals surface area contributed by atoms with Crippen LogP contribution >= 0.6 is 23.2 Å². The Hall–Kier alpha value is -1.64. The van der Waals surface area contributed by atoms with Crippen LogP contribution in [0, 0.1) is 0 Å². The molecule has 2 aromatic carbocycles.